The molecule has 3 N–H and O–H groups in total. The van der Waals surface area contributed by atoms with Gasteiger partial charge in [-0.05, 0) is 55.8 Å². The smallest absolute Gasteiger partial charge is 0.344 e. The summed E-state index contributed by atoms with van der Waals surface area (Å²) in [6, 6.07) is 10.9. The lowest BCUT2D eigenvalue weighted by molar-refractivity contribution is -0.145. The Morgan fingerprint density at radius 3 is 2.42 bits per heavy atom. The molecule has 0 saturated carbocycles. The van der Waals surface area contributed by atoms with Crippen molar-refractivity contribution in [2.24, 2.45) is 0 Å². The molecule has 8 nitrogen and oxygen atoms in total. The predicted octanol–water partition coefficient (Wildman–Crippen LogP) is 3.03. The molecule has 0 saturated heterocycles. The summed E-state index contributed by atoms with van der Waals surface area (Å²) in [7, 11) is 0. The van der Waals surface area contributed by atoms with E-state index in [1.54, 1.807) is 38.1 Å². The van der Waals surface area contributed by atoms with Gasteiger partial charge in [-0.1, -0.05) is 12.1 Å². The summed E-state index contributed by atoms with van der Waals surface area (Å²) in [6.45, 7) is 3.38. The van der Waals surface area contributed by atoms with Crippen LogP contribution in [-0.4, -0.2) is 31.1 Å². The number of rotatable bonds is 7. The topological polar surface area (TPSA) is 106 Å². The highest BCUT2D eigenvalue weighted by Gasteiger charge is 2.31. The van der Waals surface area contributed by atoms with E-state index in [1.807, 2.05) is 0 Å². The molecule has 0 unspecified atom stereocenters. The van der Waals surface area contributed by atoms with E-state index in [1.165, 1.54) is 24.3 Å². The van der Waals surface area contributed by atoms with Gasteiger partial charge in [-0.3, -0.25) is 4.79 Å². The number of esters is 1. The average molecular weight is 427 g/mol. The number of anilines is 1. The number of nitrogens with one attached hydrogen (secondary N) is 3. The minimum absolute atomic E-state index is 0.221. The fourth-order valence-electron chi connectivity index (χ4n) is 3.08. The standard InChI is InChI=1S/C22H22FN3O5/c1-3-30-18(27)12-31-17-10-4-14(5-11-17)20-19(13(2)24-22(29)26-20)21(28)25-16-8-6-15(23)7-9-16/h4-11,20H,3,12H2,1-2H3,(H,25,28)(H2,24,26,29)/t20-/m0/s1. The molecule has 0 radical (unpaired) electrons. The molecule has 0 bridgehead atoms. The van der Waals surface area contributed by atoms with Gasteiger partial charge in [0.15, 0.2) is 6.61 Å². The monoisotopic (exact) mass is 427 g/mol. The van der Waals surface area contributed by atoms with E-state index in [9.17, 15) is 18.8 Å². The Balaban J connectivity index is 1.78. The van der Waals surface area contributed by atoms with Crippen molar-refractivity contribution in [3.8, 4) is 5.75 Å². The largest absolute Gasteiger partial charge is 0.482 e. The number of ether oxygens (including phenoxy) is 2. The van der Waals surface area contributed by atoms with Crippen LogP contribution < -0.4 is 20.7 Å². The number of allylic oxidation sites excluding steroid dienone is 1. The van der Waals surface area contributed by atoms with Crippen molar-refractivity contribution in [3.05, 3.63) is 71.2 Å². The zero-order valence-corrected chi connectivity index (χ0v) is 17.0. The van der Waals surface area contributed by atoms with Crippen molar-refractivity contribution >= 4 is 23.6 Å². The van der Waals surface area contributed by atoms with Crippen LogP contribution in [0.15, 0.2) is 59.8 Å². The highest BCUT2D eigenvalue weighted by atomic mass is 19.1. The molecule has 0 aliphatic carbocycles. The van der Waals surface area contributed by atoms with Gasteiger partial charge in [-0.2, -0.15) is 0 Å². The van der Waals surface area contributed by atoms with Crippen molar-refractivity contribution in [2.45, 2.75) is 19.9 Å². The third-order valence-electron chi connectivity index (χ3n) is 4.49. The Hall–Kier alpha value is -3.88. The minimum atomic E-state index is -0.715. The molecule has 1 aliphatic rings. The molecule has 9 heteroatoms. The van der Waals surface area contributed by atoms with Crippen molar-refractivity contribution in [3.63, 3.8) is 0 Å². The quantitative estimate of drug-likeness (QED) is 0.589. The molecule has 31 heavy (non-hydrogen) atoms. The molecule has 162 valence electrons. The molecular formula is C22H22FN3O5. The molecule has 2 aromatic rings. The van der Waals surface area contributed by atoms with E-state index in [0.717, 1.165) is 0 Å². The highest BCUT2D eigenvalue weighted by molar-refractivity contribution is 6.06. The van der Waals surface area contributed by atoms with Crippen LogP contribution in [0, 0.1) is 5.82 Å². The van der Waals surface area contributed by atoms with Gasteiger partial charge in [0.25, 0.3) is 5.91 Å². The molecule has 3 amide bonds. The molecule has 1 atom stereocenters. The van der Waals surface area contributed by atoms with Gasteiger partial charge >= 0.3 is 12.0 Å². The van der Waals surface area contributed by atoms with Crippen LogP contribution in [0.4, 0.5) is 14.9 Å². The SMILES string of the molecule is CCOC(=O)COc1ccc([C@@H]2NC(=O)NC(C)=C2C(=O)Nc2ccc(F)cc2)cc1. The molecule has 0 fully saturated rings. The van der Waals surface area contributed by atoms with Gasteiger partial charge in [0.1, 0.15) is 11.6 Å². The van der Waals surface area contributed by atoms with Gasteiger partial charge in [-0.15, -0.1) is 0 Å². The maximum atomic E-state index is 13.1. The van der Waals surface area contributed by atoms with Crippen LogP contribution >= 0.6 is 0 Å². The number of hydrogen-bond donors (Lipinski definition) is 3. The fourth-order valence-corrected chi connectivity index (χ4v) is 3.08. The number of hydrogen-bond acceptors (Lipinski definition) is 5. The zero-order chi connectivity index (χ0) is 22.4. The first kappa shape index (κ1) is 21.8. The van der Waals surface area contributed by atoms with Crippen molar-refractivity contribution < 1.29 is 28.2 Å². The molecule has 0 aromatic heterocycles. The lowest BCUT2D eigenvalue weighted by atomic mass is 9.94. The average Bonchev–Trinajstić information content (AvgIpc) is 2.74. The molecule has 1 aliphatic heterocycles. The highest BCUT2D eigenvalue weighted by Crippen LogP contribution is 2.29. The number of benzene rings is 2. The second-order valence-electron chi connectivity index (χ2n) is 6.69. The number of urea groups is 1. The molecule has 0 spiro atoms. The van der Waals surface area contributed by atoms with Crippen LogP contribution in [0.5, 0.6) is 5.75 Å². The van der Waals surface area contributed by atoms with Crippen LogP contribution in [0.2, 0.25) is 0 Å². The Labute approximate surface area is 178 Å². The number of carbonyl (C=O) groups excluding carboxylic acids is 3. The lowest BCUT2D eigenvalue weighted by Gasteiger charge is -2.28. The van der Waals surface area contributed by atoms with E-state index < -0.39 is 29.8 Å². The van der Waals surface area contributed by atoms with Crippen molar-refractivity contribution in [1.82, 2.24) is 10.6 Å². The maximum Gasteiger partial charge on any atom is 0.344 e. The Morgan fingerprint density at radius 2 is 1.77 bits per heavy atom. The second kappa shape index (κ2) is 9.75. The van der Waals surface area contributed by atoms with Gasteiger partial charge < -0.3 is 25.4 Å². The first-order valence-electron chi connectivity index (χ1n) is 9.61. The first-order valence-corrected chi connectivity index (χ1v) is 9.61. The maximum absolute atomic E-state index is 13.1. The third kappa shape index (κ3) is 5.59. The Kier molecular flexibility index (Phi) is 6.86. The van der Waals surface area contributed by atoms with Crippen LogP contribution in [0.3, 0.4) is 0 Å². The third-order valence-corrected chi connectivity index (χ3v) is 4.49. The van der Waals surface area contributed by atoms with Crippen LogP contribution in [0.25, 0.3) is 0 Å². The van der Waals surface area contributed by atoms with Crippen LogP contribution in [0.1, 0.15) is 25.5 Å². The summed E-state index contributed by atoms with van der Waals surface area (Å²) < 4.78 is 23.3. The molecular weight excluding hydrogens is 405 g/mol. The molecule has 3 rings (SSSR count). The normalized spacial score (nSPS) is 15.6. The van der Waals surface area contributed by atoms with E-state index in [0.29, 0.717) is 28.3 Å². The fraction of sp³-hybridized carbons (Fsp3) is 0.227. The first-order chi connectivity index (χ1) is 14.9. The van der Waals surface area contributed by atoms with Gasteiger partial charge in [0, 0.05) is 11.4 Å². The summed E-state index contributed by atoms with van der Waals surface area (Å²) in [5.41, 5.74) is 1.77. The van der Waals surface area contributed by atoms with E-state index in [2.05, 4.69) is 16.0 Å². The van der Waals surface area contributed by atoms with E-state index in [4.69, 9.17) is 9.47 Å². The summed E-state index contributed by atoms with van der Waals surface area (Å²) in [6.07, 6.45) is 0. The minimum Gasteiger partial charge on any atom is -0.482 e. The number of halogens is 1. The lowest BCUT2D eigenvalue weighted by Crippen LogP contribution is -2.45. The van der Waals surface area contributed by atoms with Gasteiger partial charge in [0.2, 0.25) is 0 Å². The van der Waals surface area contributed by atoms with Gasteiger partial charge in [-0.25, -0.2) is 14.0 Å². The number of carbonyl (C=O) groups is 3. The van der Waals surface area contributed by atoms with Crippen molar-refractivity contribution in [2.75, 3.05) is 18.5 Å². The molecule has 2 aromatic carbocycles. The summed E-state index contributed by atoms with van der Waals surface area (Å²) in [5.74, 6) is -0.891. The van der Waals surface area contributed by atoms with Crippen molar-refractivity contribution in [1.29, 1.82) is 0 Å². The zero-order valence-electron chi connectivity index (χ0n) is 17.0. The predicted molar refractivity (Wildman–Crippen MR) is 111 cm³/mol. The van der Waals surface area contributed by atoms with Gasteiger partial charge in [0.05, 0.1) is 18.2 Å². The Morgan fingerprint density at radius 1 is 1.10 bits per heavy atom. The summed E-state index contributed by atoms with van der Waals surface area (Å²) in [5, 5.41) is 8.03. The Bertz CT molecular complexity index is 1000. The van der Waals surface area contributed by atoms with Crippen LogP contribution in [-0.2, 0) is 14.3 Å². The second-order valence-corrected chi connectivity index (χ2v) is 6.69. The summed E-state index contributed by atoms with van der Waals surface area (Å²) in [4.78, 5) is 36.4. The summed E-state index contributed by atoms with van der Waals surface area (Å²) >= 11 is 0. The van der Waals surface area contributed by atoms with E-state index in [-0.39, 0.29) is 13.2 Å². The van der Waals surface area contributed by atoms with E-state index >= 15 is 0 Å². The number of amides is 3. The molecule has 1 heterocycles.